The molecular weight excluding hydrogens is 148 g/mol. The van der Waals surface area contributed by atoms with Gasteiger partial charge in [-0.3, -0.25) is 0 Å². The average molecular weight is 164 g/mol. The van der Waals surface area contributed by atoms with E-state index in [0.29, 0.717) is 10.8 Å². The molecule has 3 atom stereocenters. The molecule has 4 fully saturated rings. The second kappa shape index (κ2) is 1.64. The minimum absolute atomic E-state index is 0.379. The predicted molar refractivity (Wildman–Crippen MR) is 46.6 cm³/mol. The standard InChI is InChI=1S/C11H16O/c1-10(3-4-12)7-5-8-9(6-7)11(8,10)2/h4,7-9H,3,5-6H2,1-2H3. The lowest BCUT2D eigenvalue weighted by molar-refractivity contribution is -0.110. The minimum atomic E-state index is 0.379. The summed E-state index contributed by atoms with van der Waals surface area (Å²) in [6, 6.07) is 0. The number of hydrogen-bond acceptors (Lipinski definition) is 1. The van der Waals surface area contributed by atoms with Gasteiger partial charge in [0.05, 0.1) is 0 Å². The van der Waals surface area contributed by atoms with Crippen molar-refractivity contribution >= 4 is 6.29 Å². The van der Waals surface area contributed by atoms with Crippen LogP contribution < -0.4 is 0 Å². The van der Waals surface area contributed by atoms with Crippen LogP contribution >= 0.6 is 0 Å². The summed E-state index contributed by atoms with van der Waals surface area (Å²) in [7, 11) is 0. The van der Waals surface area contributed by atoms with Crippen molar-refractivity contribution in [2.75, 3.05) is 0 Å². The summed E-state index contributed by atoms with van der Waals surface area (Å²) < 4.78 is 0. The Bertz CT molecular complexity index is 246. The molecule has 0 aromatic heterocycles. The van der Waals surface area contributed by atoms with E-state index in [-0.39, 0.29) is 0 Å². The lowest BCUT2D eigenvalue weighted by Crippen LogP contribution is -2.27. The molecule has 4 saturated carbocycles. The zero-order chi connectivity index (χ0) is 8.56. The van der Waals surface area contributed by atoms with E-state index in [2.05, 4.69) is 13.8 Å². The molecule has 4 rings (SSSR count). The molecule has 12 heavy (non-hydrogen) atoms. The van der Waals surface area contributed by atoms with Crippen LogP contribution in [0.2, 0.25) is 0 Å². The smallest absolute Gasteiger partial charge is 0.120 e. The first-order valence-electron chi connectivity index (χ1n) is 5.08. The van der Waals surface area contributed by atoms with Gasteiger partial charge < -0.3 is 4.79 Å². The van der Waals surface area contributed by atoms with Crippen molar-refractivity contribution in [3.63, 3.8) is 0 Å². The lowest BCUT2D eigenvalue weighted by atomic mass is 9.72. The number of carbonyl (C=O) groups excluding carboxylic acids is 1. The first-order valence-corrected chi connectivity index (χ1v) is 5.08. The zero-order valence-corrected chi connectivity index (χ0v) is 7.84. The van der Waals surface area contributed by atoms with Crippen molar-refractivity contribution in [2.24, 2.45) is 28.6 Å². The molecule has 1 heteroatoms. The highest BCUT2D eigenvalue weighted by molar-refractivity contribution is 5.53. The highest BCUT2D eigenvalue weighted by Crippen LogP contribution is 2.86. The zero-order valence-electron chi connectivity index (χ0n) is 7.84. The fraction of sp³-hybridized carbons (Fsp3) is 0.909. The quantitative estimate of drug-likeness (QED) is 0.572. The third-order valence-electron chi connectivity index (χ3n) is 5.63. The Labute approximate surface area is 73.5 Å². The van der Waals surface area contributed by atoms with Gasteiger partial charge >= 0.3 is 0 Å². The van der Waals surface area contributed by atoms with Gasteiger partial charge in [0.25, 0.3) is 0 Å². The van der Waals surface area contributed by atoms with Crippen LogP contribution in [0.3, 0.4) is 0 Å². The molecule has 0 radical (unpaired) electrons. The number of aldehydes is 1. The van der Waals surface area contributed by atoms with Gasteiger partial charge in [-0.25, -0.2) is 0 Å². The SMILES string of the molecule is CC1(CC=O)C2CC3C(C2)C31C. The Hall–Kier alpha value is -0.330. The van der Waals surface area contributed by atoms with Gasteiger partial charge in [-0.2, -0.15) is 0 Å². The van der Waals surface area contributed by atoms with Crippen LogP contribution in [0.1, 0.15) is 33.1 Å². The van der Waals surface area contributed by atoms with Crippen LogP contribution in [-0.2, 0) is 4.79 Å². The van der Waals surface area contributed by atoms with Crippen molar-refractivity contribution in [1.82, 2.24) is 0 Å². The molecule has 0 saturated heterocycles. The van der Waals surface area contributed by atoms with E-state index < -0.39 is 0 Å². The van der Waals surface area contributed by atoms with Gasteiger partial charge in [0.1, 0.15) is 6.29 Å². The summed E-state index contributed by atoms with van der Waals surface area (Å²) in [6.07, 6.45) is 4.79. The molecule has 1 nitrogen and oxygen atoms in total. The second-order valence-electron chi connectivity index (χ2n) is 5.45. The Morgan fingerprint density at radius 2 is 1.92 bits per heavy atom. The van der Waals surface area contributed by atoms with Crippen LogP contribution in [0.4, 0.5) is 0 Å². The summed E-state index contributed by atoms with van der Waals surface area (Å²) in [5, 5.41) is 0. The average Bonchev–Trinajstić information content (AvgIpc) is 2.41. The van der Waals surface area contributed by atoms with E-state index in [1.807, 2.05) is 0 Å². The highest BCUT2D eigenvalue weighted by Gasteiger charge is 2.80. The Morgan fingerprint density at radius 3 is 2.25 bits per heavy atom. The maximum absolute atomic E-state index is 10.6. The summed E-state index contributed by atoms with van der Waals surface area (Å²) in [6.45, 7) is 4.76. The number of hydrogen-bond donors (Lipinski definition) is 0. The fourth-order valence-corrected chi connectivity index (χ4v) is 4.59. The normalized spacial score (nSPS) is 65.3. The lowest BCUT2D eigenvalue weighted by Gasteiger charge is -2.32. The van der Waals surface area contributed by atoms with E-state index in [4.69, 9.17) is 0 Å². The fourth-order valence-electron chi connectivity index (χ4n) is 4.59. The molecule has 0 aliphatic heterocycles. The topological polar surface area (TPSA) is 17.1 Å². The van der Waals surface area contributed by atoms with E-state index in [0.717, 1.165) is 30.5 Å². The Kier molecular flexibility index (Phi) is 0.971. The van der Waals surface area contributed by atoms with Gasteiger partial charge in [-0.1, -0.05) is 13.8 Å². The first-order chi connectivity index (χ1) is 5.64. The molecule has 3 unspecified atom stereocenters. The highest BCUT2D eigenvalue weighted by atomic mass is 16.1. The van der Waals surface area contributed by atoms with Crippen LogP contribution in [0.5, 0.6) is 0 Å². The van der Waals surface area contributed by atoms with Crippen LogP contribution in [0.15, 0.2) is 0 Å². The van der Waals surface area contributed by atoms with Crippen molar-refractivity contribution in [1.29, 1.82) is 0 Å². The van der Waals surface area contributed by atoms with Gasteiger partial charge in [-0.05, 0) is 41.4 Å². The molecule has 0 amide bonds. The first kappa shape index (κ1) is 7.11. The van der Waals surface area contributed by atoms with Crippen LogP contribution in [-0.4, -0.2) is 6.29 Å². The van der Waals surface area contributed by atoms with E-state index in [1.54, 1.807) is 0 Å². The van der Waals surface area contributed by atoms with E-state index in [1.165, 1.54) is 12.8 Å². The van der Waals surface area contributed by atoms with Gasteiger partial charge in [0.15, 0.2) is 0 Å². The number of rotatable bonds is 2. The molecule has 0 aromatic carbocycles. The van der Waals surface area contributed by atoms with Crippen LogP contribution in [0, 0.1) is 28.6 Å². The predicted octanol–water partition coefficient (Wildman–Crippen LogP) is 2.26. The molecule has 0 heterocycles. The maximum atomic E-state index is 10.6. The molecule has 0 spiro atoms. The van der Waals surface area contributed by atoms with Gasteiger partial charge in [0.2, 0.25) is 0 Å². The van der Waals surface area contributed by atoms with Crippen molar-refractivity contribution in [3.8, 4) is 0 Å². The largest absolute Gasteiger partial charge is 0.303 e. The third-order valence-corrected chi connectivity index (χ3v) is 5.63. The maximum Gasteiger partial charge on any atom is 0.120 e. The molecule has 4 bridgehead atoms. The number of carbonyl (C=O) groups is 1. The monoisotopic (exact) mass is 164 g/mol. The van der Waals surface area contributed by atoms with E-state index in [9.17, 15) is 4.79 Å². The molecule has 0 aromatic rings. The second-order valence-corrected chi connectivity index (χ2v) is 5.45. The minimum Gasteiger partial charge on any atom is -0.303 e. The van der Waals surface area contributed by atoms with Gasteiger partial charge in [-0.15, -0.1) is 0 Å². The van der Waals surface area contributed by atoms with Crippen molar-refractivity contribution in [3.05, 3.63) is 0 Å². The summed E-state index contributed by atoms with van der Waals surface area (Å²) in [5.41, 5.74) is 0.947. The van der Waals surface area contributed by atoms with Gasteiger partial charge in [0, 0.05) is 6.42 Å². The van der Waals surface area contributed by atoms with Crippen LogP contribution in [0.25, 0.3) is 0 Å². The van der Waals surface area contributed by atoms with Crippen molar-refractivity contribution in [2.45, 2.75) is 33.1 Å². The molecule has 66 valence electrons. The Balaban J connectivity index is 2.02. The van der Waals surface area contributed by atoms with E-state index >= 15 is 0 Å². The molecule has 0 N–H and O–H groups in total. The molecule has 4 aliphatic carbocycles. The molecular formula is C11H16O. The summed E-state index contributed by atoms with van der Waals surface area (Å²) in [5.74, 6) is 2.86. The summed E-state index contributed by atoms with van der Waals surface area (Å²) >= 11 is 0. The third kappa shape index (κ3) is 0.439. The van der Waals surface area contributed by atoms with Crippen molar-refractivity contribution < 1.29 is 4.79 Å². The molecule has 4 aliphatic rings. The Morgan fingerprint density at radius 1 is 1.33 bits per heavy atom. The summed E-state index contributed by atoms with van der Waals surface area (Å²) in [4.78, 5) is 10.6.